The molecule has 4 rings (SSSR count). The smallest absolute Gasteiger partial charge is 0.241 e. The van der Waals surface area contributed by atoms with Crippen LogP contribution in [0.3, 0.4) is 0 Å². The average molecular weight is 407 g/mol. The summed E-state index contributed by atoms with van der Waals surface area (Å²) >= 11 is 12.0. The zero-order valence-electron chi connectivity index (χ0n) is 14.8. The molecule has 0 saturated heterocycles. The van der Waals surface area contributed by atoms with Gasteiger partial charge < -0.3 is 4.90 Å². The molecule has 0 spiro atoms. The maximum atomic E-state index is 13.4. The van der Waals surface area contributed by atoms with Crippen molar-refractivity contribution in [2.24, 2.45) is 0 Å². The number of rotatable bonds is 3. The molecule has 0 radical (unpaired) electrons. The van der Waals surface area contributed by atoms with Crippen molar-refractivity contribution in [3.8, 4) is 0 Å². The summed E-state index contributed by atoms with van der Waals surface area (Å²) < 4.78 is 15.1. The van der Waals surface area contributed by atoms with Crippen LogP contribution in [0.5, 0.6) is 0 Å². The van der Waals surface area contributed by atoms with Crippen molar-refractivity contribution in [1.82, 2.24) is 14.6 Å². The van der Waals surface area contributed by atoms with Crippen LogP contribution in [0.2, 0.25) is 5.02 Å². The summed E-state index contributed by atoms with van der Waals surface area (Å²) in [5, 5.41) is 4.74. The summed E-state index contributed by atoms with van der Waals surface area (Å²) in [6.45, 7) is 4.64. The summed E-state index contributed by atoms with van der Waals surface area (Å²) in [5.41, 5.74) is 3.72. The summed E-state index contributed by atoms with van der Waals surface area (Å²) in [5.74, 6) is -0.635. The molecule has 140 valence electrons. The summed E-state index contributed by atoms with van der Waals surface area (Å²) in [4.78, 5) is 18.5. The Bertz CT molecular complexity index is 1060. The van der Waals surface area contributed by atoms with Gasteiger partial charge in [0.15, 0.2) is 5.65 Å². The van der Waals surface area contributed by atoms with Crippen LogP contribution >= 0.6 is 23.2 Å². The Labute approximate surface area is 165 Å². The number of hydrogen-bond acceptors (Lipinski definition) is 3. The molecule has 5 nitrogen and oxygen atoms in total. The van der Waals surface area contributed by atoms with Gasteiger partial charge in [0.25, 0.3) is 0 Å². The standard InChI is InChI=1S/C19H17Cl2FN4O/c1-19(2)9-25(16(27)8-20)15-6-12(18-23-10-24-26(18)17(15)19)5-11-3-4-13(22)7-14(11)21/h3-4,6-7,10H,5,8-9H2,1-2H3. The summed E-state index contributed by atoms with van der Waals surface area (Å²) in [7, 11) is 0. The molecule has 0 fully saturated rings. The monoisotopic (exact) mass is 406 g/mol. The zero-order valence-corrected chi connectivity index (χ0v) is 16.4. The lowest BCUT2D eigenvalue weighted by molar-refractivity contribution is -0.116. The molecule has 0 unspecified atom stereocenters. The minimum atomic E-state index is -0.383. The normalized spacial score (nSPS) is 15.4. The van der Waals surface area contributed by atoms with E-state index >= 15 is 0 Å². The first-order valence-electron chi connectivity index (χ1n) is 8.48. The Balaban J connectivity index is 1.90. The Morgan fingerprint density at radius 2 is 2.07 bits per heavy atom. The number of carbonyl (C=O) groups excluding carboxylic acids is 1. The topological polar surface area (TPSA) is 50.5 Å². The molecule has 3 heterocycles. The van der Waals surface area contributed by atoms with Crippen molar-refractivity contribution >= 4 is 40.4 Å². The summed E-state index contributed by atoms with van der Waals surface area (Å²) in [6.07, 6.45) is 1.94. The second-order valence-corrected chi connectivity index (χ2v) is 7.98. The zero-order chi connectivity index (χ0) is 19.3. The van der Waals surface area contributed by atoms with Crippen LogP contribution in [0, 0.1) is 5.82 Å². The van der Waals surface area contributed by atoms with Gasteiger partial charge in [-0.25, -0.2) is 13.9 Å². The van der Waals surface area contributed by atoms with Crippen molar-refractivity contribution < 1.29 is 9.18 Å². The first kappa shape index (κ1) is 18.2. The molecule has 1 aromatic carbocycles. The van der Waals surface area contributed by atoms with Gasteiger partial charge in [0.1, 0.15) is 18.0 Å². The number of anilines is 1. The van der Waals surface area contributed by atoms with Gasteiger partial charge in [-0.2, -0.15) is 5.10 Å². The first-order chi connectivity index (χ1) is 12.8. The van der Waals surface area contributed by atoms with Crippen LogP contribution in [0.4, 0.5) is 10.1 Å². The Kier molecular flexibility index (Phi) is 4.35. The van der Waals surface area contributed by atoms with E-state index in [1.807, 2.05) is 6.07 Å². The van der Waals surface area contributed by atoms with Crippen LogP contribution < -0.4 is 4.90 Å². The maximum Gasteiger partial charge on any atom is 0.241 e. The highest BCUT2D eigenvalue weighted by Gasteiger charge is 2.41. The number of nitrogens with zero attached hydrogens (tertiary/aromatic N) is 4. The highest BCUT2D eigenvalue weighted by Crippen LogP contribution is 2.42. The van der Waals surface area contributed by atoms with E-state index in [2.05, 4.69) is 23.9 Å². The van der Waals surface area contributed by atoms with E-state index in [0.29, 0.717) is 23.6 Å². The van der Waals surface area contributed by atoms with E-state index in [1.54, 1.807) is 15.5 Å². The second kappa shape index (κ2) is 6.46. The molecule has 0 bridgehead atoms. The molecule has 0 atom stereocenters. The quantitative estimate of drug-likeness (QED) is 0.618. The van der Waals surface area contributed by atoms with Gasteiger partial charge in [-0.3, -0.25) is 4.79 Å². The largest absolute Gasteiger partial charge is 0.309 e. The highest BCUT2D eigenvalue weighted by molar-refractivity contribution is 6.31. The lowest BCUT2D eigenvalue weighted by Crippen LogP contribution is -2.34. The van der Waals surface area contributed by atoms with Gasteiger partial charge in [-0.1, -0.05) is 31.5 Å². The van der Waals surface area contributed by atoms with E-state index in [0.717, 1.165) is 22.5 Å². The molecule has 0 saturated carbocycles. The fourth-order valence-electron chi connectivity index (χ4n) is 3.72. The number of hydrogen-bond donors (Lipinski definition) is 0. The van der Waals surface area contributed by atoms with Gasteiger partial charge in [-0.05, 0) is 23.8 Å². The molecule has 27 heavy (non-hydrogen) atoms. The number of fused-ring (bicyclic) bond motifs is 3. The van der Waals surface area contributed by atoms with Crippen LogP contribution in [-0.2, 0) is 16.6 Å². The number of pyridine rings is 1. The molecule has 2 aromatic heterocycles. The van der Waals surface area contributed by atoms with Crippen molar-refractivity contribution in [3.63, 3.8) is 0 Å². The lowest BCUT2D eigenvalue weighted by atomic mass is 9.90. The highest BCUT2D eigenvalue weighted by atomic mass is 35.5. The van der Waals surface area contributed by atoms with Gasteiger partial charge >= 0.3 is 0 Å². The fraction of sp³-hybridized carbons (Fsp3) is 0.316. The number of halogens is 3. The molecule has 0 N–H and O–H groups in total. The molecule has 3 aromatic rings. The molecule has 1 aliphatic heterocycles. The van der Waals surface area contributed by atoms with Gasteiger partial charge in [-0.15, -0.1) is 11.6 Å². The third-order valence-corrected chi connectivity index (χ3v) is 5.48. The van der Waals surface area contributed by atoms with Gasteiger partial charge in [0.05, 0.1) is 11.4 Å². The second-order valence-electron chi connectivity index (χ2n) is 7.31. The number of benzene rings is 1. The Morgan fingerprint density at radius 1 is 1.30 bits per heavy atom. The van der Waals surface area contributed by atoms with E-state index in [4.69, 9.17) is 23.2 Å². The van der Waals surface area contributed by atoms with Crippen molar-refractivity contribution in [1.29, 1.82) is 0 Å². The molecule has 8 heteroatoms. The first-order valence-corrected chi connectivity index (χ1v) is 9.39. The Hall–Kier alpha value is -2.18. The predicted octanol–water partition coefficient (Wildman–Crippen LogP) is 3.98. The van der Waals surface area contributed by atoms with Gasteiger partial charge in [0.2, 0.25) is 5.91 Å². The SMILES string of the molecule is CC1(C)CN(C(=O)CCl)c2cc(Cc3ccc(F)cc3Cl)c3ncnn3c21. The van der Waals surface area contributed by atoms with Crippen LogP contribution in [0.25, 0.3) is 5.65 Å². The van der Waals surface area contributed by atoms with Crippen LogP contribution in [-0.4, -0.2) is 32.9 Å². The number of amides is 1. The number of aromatic nitrogens is 3. The lowest BCUT2D eigenvalue weighted by Gasteiger charge is -2.19. The number of alkyl halides is 1. The van der Waals surface area contributed by atoms with Crippen molar-refractivity contribution in [3.05, 3.63) is 58.3 Å². The third kappa shape index (κ3) is 2.97. The maximum absolute atomic E-state index is 13.4. The summed E-state index contributed by atoms with van der Waals surface area (Å²) in [6, 6.07) is 6.27. The fourth-order valence-corrected chi connectivity index (χ4v) is 4.10. The van der Waals surface area contributed by atoms with Crippen LogP contribution in [0.1, 0.15) is 30.7 Å². The van der Waals surface area contributed by atoms with Gasteiger partial charge in [0, 0.05) is 29.0 Å². The molecular formula is C19H17Cl2FN4O. The van der Waals surface area contributed by atoms with Crippen molar-refractivity contribution in [2.75, 3.05) is 17.3 Å². The minimum Gasteiger partial charge on any atom is -0.309 e. The van der Waals surface area contributed by atoms with E-state index in [1.165, 1.54) is 18.5 Å². The van der Waals surface area contributed by atoms with E-state index < -0.39 is 0 Å². The van der Waals surface area contributed by atoms with E-state index in [9.17, 15) is 9.18 Å². The van der Waals surface area contributed by atoms with E-state index in [-0.39, 0.29) is 23.0 Å². The Morgan fingerprint density at radius 3 is 2.78 bits per heavy atom. The van der Waals surface area contributed by atoms with Crippen molar-refractivity contribution in [2.45, 2.75) is 25.7 Å². The average Bonchev–Trinajstić information content (AvgIpc) is 3.19. The molecule has 1 aliphatic rings. The molecule has 1 amide bonds. The van der Waals surface area contributed by atoms with Crippen LogP contribution in [0.15, 0.2) is 30.6 Å². The number of carbonyl (C=O) groups is 1. The molecular weight excluding hydrogens is 390 g/mol. The third-order valence-electron chi connectivity index (χ3n) is 4.90. The molecule has 0 aliphatic carbocycles. The predicted molar refractivity (Wildman–Crippen MR) is 103 cm³/mol. The minimum absolute atomic E-state index is 0.0932.